The number of hydrogen-bond acceptors (Lipinski definition) is 5. The molecule has 0 saturated heterocycles. The van der Waals surface area contributed by atoms with Crippen LogP contribution < -0.4 is 15.8 Å². The van der Waals surface area contributed by atoms with Gasteiger partial charge in [-0.3, -0.25) is 0 Å². The van der Waals surface area contributed by atoms with Gasteiger partial charge in [-0.1, -0.05) is 18.2 Å². The molecule has 1 aliphatic heterocycles. The molecule has 2 heterocycles. The highest BCUT2D eigenvalue weighted by Crippen LogP contribution is 2.34. The molecule has 1 unspecified atom stereocenters. The molecule has 94 valence electrons. The average molecular weight is 252 g/mol. The van der Waals surface area contributed by atoms with E-state index in [1.807, 2.05) is 24.3 Å². The molecular weight excluding hydrogens is 240 g/mol. The number of rotatable bonds is 2. The summed E-state index contributed by atoms with van der Waals surface area (Å²) in [6, 6.07) is 11.5. The third-order valence-corrected chi connectivity index (χ3v) is 3.04. The van der Waals surface area contributed by atoms with Crippen LogP contribution in [0.3, 0.4) is 0 Å². The zero-order chi connectivity index (χ0) is 13.2. The standard InChI is InChI=1S/C14H12N4O/c15-6-9-5-10(16)7-17-14(9)18-12-8-19-13-4-2-1-3-11(12)13/h1-5,7,12H,8,16H2,(H,17,18). The van der Waals surface area contributed by atoms with Crippen LogP contribution in [0.15, 0.2) is 36.5 Å². The number of nitrogen functional groups attached to an aromatic ring is 1. The lowest BCUT2D eigenvalue weighted by Crippen LogP contribution is -2.14. The SMILES string of the molecule is N#Cc1cc(N)cnc1NC1COc2ccccc21. The Labute approximate surface area is 110 Å². The van der Waals surface area contributed by atoms with Gasteiger partial charge in [0, 0.05) is 5.56 Å². The van der Waals surface area contributed by atoms with Gasteiger partial charge in [-0.2, -0.15) is 5.26 Å². The van der Waals surface area contributed by atoms with Crippen molar-refractivity contribution in [2.45, 2.75) is 6.04 Å². The smallest absolute Gasteiger partial charge is 0.144 e. The maximum atomic E-state index is 9.10. The van der Waals surface area contributed by atoms with Crippen molar-refractivity contribution in [2.75, 3.05) is 17.7 Å². The first-order valence-corrected chi connectivity index (χ1v) is 5.92. The van der Waals surface area contributed by atoms with E-state index in [-0.39, 0.29) is 6.04 Å². The average Bonchev–Trinajstić information content (AvgIpc) is 2.84. The van der Waals surface area contributed by atoms with Crippen LogP contribution >= 0.6 is 0 Å². The van der Waals surface area contributed by atoms with Crippen molar-refractivity contribution in [3.63, 3.8) is 0 Å². The minimum atomic E-state index is -0.000533. The quantitative estimate of drug-likeness (QED) is 0.854. The van der Waals surface area contributed by atoms with E-state index < -0.39 is 0 Å². The minimum Gasteiger partial charge on any atom is -0.491 e. The monoisotopic (exact) mass is 252 g/mol. The van der Waals surface area contributed by atoms with E-state index in [2.05, 4.69) is 16.4 Å². The lowest BCUT2D eigenvalue weighted by molar-refractivity contribution is 0.339. The predicted molar refractivity (Wildman–Crippen MR) is 71.7 cm³/mol. The lowest BCUT2D eigenvalue weighted by Gasteiger charge is -2.13. The van der Waals surface area contributed by atoms with E-state index in [1.165, 1.54) is 6.20 Å². The largest absolute Gasteiger partial charge is 0.491 e. The molecule has 1 atom stereocenters. The molecule has 0 radical (unpaired) electrons. The third-order valence-electron chi connectivity index (χ3n) is 3.04. The number of benzene rings is 1. The number of pyridine rings is 1. The Balaban J connectivity index is 1.90. The molecule has 5 nitrogen and oxygen atoms in total. The van der Waals surface area contributed by atoms with Crippen LogP contribution in [0.2, 0.25) is 0 Å². The molecule has 3 N–H and O–H groups in total. The Hall–Kier alpha value is -2.74. The first-order valence-electron chi connectivity index (χ1n) is 5.92. The molecule has 0 saturated carbocycles. The maximum Gasteiger partial charge on any atom is 0.144 e. The van der Waals surface area contributed by atoms with Crippen molar-refractivity contribution >= 4 is 11.5 Å². The Morgan fingerprint density at radius 3 is 3.11 bits per heavy atom. The molecule has 0 spiro atoms. The predicted octanol–water partition coefficient (Wildman–Crippen LogP) is 2.08. The molecule has 1 aromatic carbocycles. The fraction of sp³-hybridized carbons (Fsp3) is 0.143. The number of nitrogens with two attached hydrogens (primary N) is 1. The van der Waals surface area contributed by atoms with Gasteiger partial charge in [0.15, 0.2) is 0 Å². The molecule has 2 aromatic rings. The third kappa shape index (κ3) is 2.04. The highest BCUT2D eigenvalue weighted by atomic mass is 16.5. The van der Waals surface area contributed by atoms with Gasteiger partial charge < -0.3 is 15.8 Å². The Morgan fingerprint density at radius 1 is 1.42 bits per heavy atom. The number of fused-ring (bicyclic) bond motifs is 1. The molecule has 3 rings (SSSR count). The summed E-state index contributed by atoms with van der Waals surface area (Å²) in [4.78, 5) is 4.17. The second-order valence-corrected chi connectivity index (χ2v) is 4.32. The van der Waals surface area contributed by atoms with E-state index in [1.54, 1.807) is 6.07 Å². The number of nitriles is 1. The van der Waals surface area contributed by atoms with Gasteiger partial charge in [-0.05, 0) is 12.1 Å². The van der Waals surface area contributed by atoms with Crippen molar-refractivity contribution in [3.8, 4) is 11.8 Å². The summed E-state index contributed by atoms with van der Waals surface area (Å²) in [7, 11) is 0. The molecule has 1 aromatic heterocycles. The molecule has 5 heteroatoms. The summed E-state index contributed by atoms with van der Waals surface area (Å²) < 4.78 is 5.58. The molecule has 0 aliphatic carbocycles. The fourth-order valence-electron chi connectivity index (χ4n) is 2.13. The summed E-state index contributed by atoms with van der Waals surface area (Å²) in [5.41, 5.74) is 7.61. The van der Waals surface area contributed by atoms with Crippen LogP contribution in [0, 0.1) is 11.3 Å². The number of nitrogens with zero attached hydrogens (tertiary/aromatic N) is 2. The highest BCUT2D eigenvalue weighted by Gasteiger charge is 2.24. The molecule has 0 amide bonds. The summed E-state index contributed by atoms with van der Waals surface area (Å²) in [6.45, 7) is 0.524. The number of hydrogen-bond donors (Lipinski definition) is 2. The van der Waals surface area contributed by atoms with E-state index >= 15 is 0 Å². The first-order chi connectivity index (χ1) is 9.28. The molecule has 0 fully saturated rings. The number of para-hydroxylation sites is 1. The summed E-state index contributed by atoms with van der Waals surface area (Å²) in [6.07, 6.45) is 1.53. The molecule has 19 heavy (non-hydrogen) atoms. The van der Waals surface area contributed by atoms with Gasteiger partial charge in [-0.25, -0.2) is 4.98 Å². The zero-order valence-electron chi connectivity index (χ0n) is 10.1. The zero-order valence-corrected chi connectivity index (χ0v) is 10.1. The van der Waals surface area contributed by atoms with Gasteiger partial charge in [0.25, 0.3) is 0 Å². The Morgan fingerprint density at radius 2 is 2.26 bits per heavy atom. The van der Waals surface area contributed by atoms with Crippen LogP contribution in [-0.4, -0.2) is 11.6 Å². The van der Waals surface area contributed by atoms with Gasteiger partial charge in [0.1, 0.15) is 24.2 Å². The maximum absolute atomic E-state index is 9.10. The molecule has 1 aliphatic rings. The van der Waals surface area contributed by atoms with E-state index in [9.17, 15) is 0 Å². The second kappa shape index (κ2) is 4.50. The number of anilines is 2. The van der Waals surface area contributed by atoms with Crippen LogP contribution in [0.25, 0.3) is 0 Å². The van der Waals surface area contributed by atoms with E-state index in [0.717, 1.165) is 11.3 Å². The van der Waals surface area contributed by atoms with Crippen LogP contribution in [0.5, 0.6) is 5.75 Å². The van der Waals surface area contributed by atoms with Gasteiger partial charge in [-0.15, -0.1) is 0 Å². The van der Waals surface area contributed by atoms with E-state index in [4.69, 9.17) is 15.7 Å². The summed E-state index contributed by atoms with van der Waals surface area (Å²) >= 11 is 0. The fourth-order valence-corrected chi connectivity index (χ4v) is 2.13. The van der Waals surface area contributed by atoms with Crippen LogP contribution in [0.4, 0.5) is 11.5 Å². The summed E-state index contributed by atoms with van der Waals surface area (Å²) in [5, 5.41) is 12.3. The molecular formula is C14H12N4O. The number of aromatic nitrogens is 1. The van der Waals surface area contributed by atoms with Gasteiger partial charge in [0.2, 0.25) is 0 Å². The van der Waals surface area contributed by atoms with Crippen LogP contribution in [-0.2, 0) is 0 Å². The topological polar surface area (TPSA) is 84.0 Å². The summed E-state index contributed by atoms with van der Waals surface area (Å²) in [5.74, 6) is 1.40. The number of nitrogens with one attached hydrogen (secondary N) is 1. The van der Waals surface area contributed by atoms with Crippen molar-refractivity contribution in [1.82, 2.24) is 4.98 Å². The second-order valence-electron chi connectivity index (χ2n) is 4.32. The van der Waals surface area contributed by atoms with Crippen molar-refractivity contribution in [2.24, 2.45) is 0 Å². The van der Waals surface area contributed by atoms with Gasteiger partial charge >= 0.3 is 0 Å². The van der Waals surface area contributed by atoms with Crippen molar-refractivity contribution < 1.29 is 4.74 Å². The van der Waals surface area contributed by atoms with Crippen LogP contribution in [0.1, 0.15) is 17.2 Å². The first kappa shape index (κ1) is 11.4. The Bertz CT molecular complexity index is 663. The lowest BCUT2D eigenvalue weighted by atomic mass is 10.1. The van der Waals surface area contributed by atoms with E-state index in [0.29, 0.717) is 23.7 Å². The molecule has 0 bridgehead atoms. The van der Waals surface area contributed by atoms with Crippen molar-refractivity contribution in [3.05, 3.63) is 47.7 Å². The highest BCUT2D eigenvalue weighted by molar-refractivity contribution is 5.59. The van der Waals surface area contributed by atoms with Crippen molar-refractivity contribution in [1.29, 1.82) is 5.26 Å². The minimum absolute atomic E-state index is 0.000533. The Kier molecular flexibility index (Phi) is 2.69. The number of ether oxygens (including phenoxy) is 1. The normalized spacial score (nSPS) is 16.3. The van der Waals surface area contributed by atoms with Gasteiger partial charge in [0.05, 0.1) is 23.5 Å².